The van der Waals surface area contributed by atoms with Crippen molar-refractivity contribution in [3.8, 4) is 5.69 Å². The molecule has 1 N–H and O–H groups in total. The molecule has 166 valence electrons. The Kier molecular flexibility index (Phi) is 7.13. The summed E-state index contributed by atoms with van der Waals surface area (Å²) in [6.45, 7) is 1.93. The number of amides is 1. The molecule has 4 rings (SSSR count). The number of fused-ring (bicyclic) bond motifs is 1. The lowest BCUT2D eigenvalue weighted by Crippen LogP contribution is -2.24. The molecule has 0 aliphatic carbocycles. The second-order valence-electron chi connectivity index (χ2n) is 7.09. The minimum absolute atomic E-state index is 0.0232. The highest BCUT2D eigenvalue weighted by Gasteiger charge is 2.15. The Labute approximate surface area is 204 Å². The Hall–Kier alpha value is -3.13. The van der Waals surface area contributed by atoms with E-state index in [1.165, 1.54) is 18.0 Å². The van der Waals surface area contributed by atoms with Crippen LogP contribution in [0, 0.1) is 6.92 Å². The Bertz CT molecular complexity index is 1440. The van der Waals surface area contributed by atoms with Gasteiger partial charge < -0.3 is 0 Å². The van der Waals surface area contributed by atoms with Gasteiger partial charge in [-0.3, -0.25) is 14.2 Å². The summed E-state index contributed by atoms with van der Waals surface area (Å²) in [7, 11) is 0. The molecule has 0 aliphatic heterocycles. The molecule has 0 saturated heterocycles. The second kappa shape index (κ2) is 10.2. The zero-order chi connectivity index (χ0) is 23.4. The Morgan fingerprint density at radius 1 is 1.09 bits per heavy atom. The Morgan fingerprint density at radius 2 is 1.85 bits per heavy atom. The van der Waals surface area contributed by atoms with Crippen molar-refractivity contribution in [1.29, 1.82) is 0 Å². The fourth-order valence-corrected chi connectivity index (χ4v) is 4.27. The average Bonchev–Trinajstić information content (AvgIpc) is 2.81. The molecule has 0 unspecified atom stereocenters. The quantitative estimate of drug-likeness (QED) is 0.171. The van der Waals surface area contributed by atoms with E-state index in [9.17, 15) is 9.59 Å². The minimum Gasteiger partial charge on any atom is -0.272 e. The zero-order valence-corrected chi connectivity index (χ0v) is 19.8. The third-order valence-corrected chi connectivity index (χ3v) is 6.46. The molecule has 0 bridgehead atoms. The largest absolute Gasteiger partial charge is 0.272 e. The smallest absolute Gasteiger partial charge is 0.266 e. The van der Waals surface area contributed by atoms with E-state index >= 15 is 0 Å². The van der Waals surface area contributed by atoms with Crippen molar-refractivity contribution in [1.82, 2.24) is 15.0 Å². The van der Waals surface area contributed by atoms with Gasteiger partial charge in [-0.2, -0.15) is 5.10 Å². The second-order valence-corrected chi connectivity index (χ2v) is 8.85. The fourth-order valence-electron chi connectivity index (χ4n) is 3.17. The molecule has 3 aromatic carbocycles. The lowest BCUT2D eigenvalue weighted by Gasteiger charge is -2.14. The van der Waals surface area contributed by atoms with Crippen LogP contribution >= 0.6 is 35.0 Å². The summed E-state index contributed by atoms with van der Waals surface area (Å²) in [6, 6.07) is 19.8. The number of nitrogens with zero attached hydrogens (tertiary/aromatic N) is 3. The first kappa shape index (κ1) is 23.0. The summed E-state index contributed by atoms with van der Waals surface area (Å²) in [6.07, 6.45) is 1.47. The maximum atomic E-state index is 13.3. The highest BCUT2D eigenvalue weighted by Crippen LogP contribution is 2.23. The fraction of sp³-hybridized carbons (Fsp3) is 0.0833. The minimum atomic E-state index is -0.338. The van der Waals surface area contributed by atoms with Gasteiger partial charge in [0.25, 0.3) is 11.5 Å². The van der Waals surface area contributed by atoms with E-state index in [4.69, 9.17) is 23.2 Å². The predicted octanol–water partition coefficient (Wildman–Crippen LogP) is 5.24. The van der Waals surface area contributed by atoms with Gasteiger partial charge in [0.15, 0.2) is 5.16 Å². The number of halogens is 2. The molecule has 0 atom stereocenters. The van der Waals surface area contributed by atoms with Crippen LogP contribution in [-0.4, -0.2) is 27.4 Å². The number of thioether (sulfide) groups is 1. The normalized spacial score (nSPS) is 11.2. The van der Waals surface area contributed by atoms with Crippen molar-refractivity contribution in [2.45, 2.75) is 12.1 Å². The van der Waals surface area contributed by atoms with Crippen LogP contribution in [0.15, 0.2) is 81.8 Å². The van der Waals surface area contributed by atoms with Gasteiger partial charge >= 0.3 is 0 Å². The topological polar surface area (TPSA) is 76.3 Å². The molecule has 9 heteroatoms. The van der Waals surface area contributed by atoms with E-state index in [1.54, 1.807) is 41.0 Å². The number of aromatic nitrogens is 2. The summed E-state index contributed by atoms with van der Waals surface area (Å²) < 4.78 is 1.55. The van der Waals surface area contributed by atoms with Gasteiger partial charge in [0.2, 0.25) is 0 Å². The van der Waals surface area contributed by atoms with Crippen molar-refractivity contribution in [3.05, 3.63) is 98.3 Å². The van der Waals surface area contributed by atoms with E-state index in [2.05, 4.69) is 15.5 Å². The molecule has 4 aromatic rings. The maximum Gasteiger partial charge on any atom is 0.266 e. The van der Waals surface area contributed by atoms with E-state index in [0.29, 0.717) is 31.7 Å². The van der Waals surface area contributed by atoms with Crippen LogP contribution in [0.2, 0.25) is 10.0 Å². The third kappa shape index (κ3) is 5.27. The highest BCUT2D eigenvalue weighted by molar-refractivity contribution is 7.99. The molecule has 1 amide bonds. The lowest BCUT2D eigenvalue weighted by molar-refractivity contribution is -0.118. The van der Waals surface area contributed by atoms with Crippen molar-refractivity contribution < 1.29 is 4.79 Å². The summed E-state index contributed by atoms with van der Waals surface area (Å²) in [4.78, 5) is 30.3. The first-order valence-electron chi connectivity index (χ1n) is 9.91. The van der Waals surface area contributed by atoms with Gasteiger partial charge in [-0.05, 0) is 48.4 Å². The Morgan fingerprint density at radius 3 is 2.64 bits per heavy atom. The number of carbonyl (C=O) groups is 1. The lowest BCUT2D eigenvalue weighted by atomic mass is 10.2. The van der Waals surface area contributed by atoms with Crippen LogP contribution in [0.3, 0.4) is 0 Å². The van der Waals surface area contributed by atoms with E-state index < -0.39 is 0 Å². The molecule has 0 aliphatic rings. The first-order valence-corrected chi connectivity index (χ1v) is 11.7. The molecule has 6 nitrogen and oxygen atoms in total. The van der Waals surface area contributed by atoms with Gasteiger partial charge in [-0.1, -0.05) is 71.4 Å². The van der Waals surface area contributed by atoms with E-state index in [1.807, 2.05) is 37.3 Å². The summed E-state index contributed by atoms with van der Waals surface area (Å²) in [5, 5.41) is 5.74. The third-order valence-electron chi connectivity index (χ3n) is 4.78. The average molecular weight is 497 g/mol. The van der Waals surface area contributed by atoms with Crippen molar-refractivity contribution in [2.24, 2.45) is 5.10 Å². The maximum absolute atomic E-state index is 13.3. The van der Waals surface area contributed by atoms with E-state index in [0.717, 1.165) is 11.3 Å². The molecular formula is C24H18Cl2N4O2S. The van der Waals surface area contributed by atoms with Crippen molar-refractivity contribution >= 4 is 58.0 Å². The molecule has 1 heterocycles. The van der Waals surface area contributed by atoms with Gasteiger partial charge in [0.05, 0.1) is 38.6 Å². The van der Waals surface area contributed by atoms with Crippen LogP contribution < -0.4 is 11.0 Å². The molecule has 1 aromatic heterocycles. The van der Waals surface area contributed by atoms with Gasteiger partial charge in [-0.15, -0.1) is 0 Å². The van der Waals surface area contributed by atoms with Crippen molar-refractivity contribution in [2.75, 3.05) is 5.75 Å². The Balaban J connectivity index is 1.56. The molecule has 0 saturated carbocycles. The number of hydrazone groups is 1. The number of carbonyl (C=O) groups excluding carboxylic acids is 1. The van der Waals surface area contributed by atoms with Crippen LogP contribution in [0.25, 0.3) is 16.6 Å². The standard InChI is InChI=1S/C24H18Cl2N4O2S/c1-15-6-2-5-9-21(15)30-23(32)17-7-3-4-8-20(17)28-24(30)33-14-22(31)29-27-13-16-10-11-18(25)19(26)12-16/h2-13H,14H2,1H3,(H,29,31)/b27-13-. The number of aryl methyl sites for hydroxylation is 1. The monoisotopic (exact) mass is 496 g/mol. The molecule has 33 heavy (non-hydrogen) atoms. The van der Waals surface area contributed by atoms with Crippen molar-refractivity contribution in [3.63, 3.8) is 0 Å². The molecule has 0 radical (unpaired) electrons. The number of nitrogens with one attached hydrogen (secondary N) is 1. The van der Waals surface area contributed by atoms with Crippen LogP contribution in [0.5, 0.6) is 0 Å². The zero-order valence-electron chi connectivity index (χ0n) is 17.5. The van der Waals surface area contributed by atoms with Crippen LogP contribution in [0.1, 0.15) is 11.1 Å². The predicted molar refractivity (Wildman–Crippen MR) is 135 cm³/mol. The van der Waals surface area contributed by atoms with Gasteiger partial charge in [0, 0.05) is 0 Å². The summed E-state index contributed by atoms with van der Waals surface area (Å²) >= 11 is 13.0. The van der Waals surface area contributed by atoms with Gasteiger partial charge in [-0.25, -0.2) is 10.4 Å². The number of para-hydroxylation sites is 2. The van der Waals surface area contributed by atoms with Crippen LogP contribution in [-0.2, 0) is 4.79 Å². The number of hydrogen-bond donors (Lipinski definition) is 1. The number of rotatable bonds is 6. The molecule has 0 spiro atoms. The molecular weight excluding hydrogens is 479 g/mol. The van der Waals surface area contributed by atoms with Gasteiger partial charge in [0.1, 0.15) is 0 Å². The highest BCUT2D eigenvalue weighted by atomic mass is 35.5. The van der Waals surface area contributed by atoms with E-state index in [-0.39, 0.29) is 17.2 Å². The first-order chi connectivity index (χ1) is 15.9. The summed E-state index contributed by atoms with van der Waals surface area (Å²) in [5.74, 6) is -0.315. The SMILES string of the molecule is Cc1ccccc1-n1c(SCC(=O)N/N=C\c2ccc(Cl)c(Cl)c2)nc2ccccc2c1=O. The van der Waals surface area contributed by atoms with Crippen LogP contribution in [0.4, 0.5) is 0 Å². The number of benzene rings is 3. The summed E-state index contributed by atoms with van der Waals surface area (Å²) in [5.41, 5.74) is 5.21. The molecule has 0 fully saturated rings. The number of hydrogen-bond acceptors (Lipinski definition) is 5.